The minimum absolute atomic E-state index is 0.158. The van der Waals surface area contributed by atoms with Gasteiger partial charge in [0, 0.05) is 18.2 Å². The Morgan fingerprint density at radius 1 is 0.905 bits per heavy atom. The molecule has 0 radical (unpaired) electrons. The lowest BCUT2D eigenvalue weighted by Crippen LogP contribution is -2.22. The minimum Gasteiger partial charge on any atom is -0.310 e. The third-order valence-electron chi connectivity index (χ3n) is 3.10. The monoisotopic (exact) mass is 297 g/mol. The Bertz CT molecular complexity index is 653. The second-order valence-electron chi connectivity index (χ2n) is 5.06. The van der Waals surface area contributed by atoms with Gasteiger partial charge in [-0.2, -0.15) is 0 Å². The molecular formula is C16H15F4N. The second kappa shape index (κ2) is 6.26. The van der Waals surface area contributed by atoms with Gasteiger partial charge in [-0.25, -0.2) is 17.6 Å². The van der Waals surface area contributed by atoms with Crippen LogP contribution in [0.5, 0.6) is 0 Å². The van der Waals surface area contributed by atoms with E-state index in [4.69, 9.17) is 0 Å². The van der Waals surface area contributed by atoms with Gasteiger partial charge in [0.15, 0.2) is 17.5 Å². The summed E-state index contributed by atoms with van der Waals surface area (Å²) in [5, 5.41) is 3.12. The smallest absolute Gasteiger partial charge is 0.195 e. The van der Waals surface area contributed by atoms with Gasteiger partial charge < -0.3 is 5.32 Å². The molecule has 2 aromatic rings. The van der Waals surface area contributed by atoms with Crippen LogP contribution in [0.25, 0.3) is 11.1 Å². The first-order chi connectivity index (χ1) is 9.90. The first-order valence-electron chi connectivity index (χ1n) is 6.56. The Kier molecular flexibility index (Phi) is 4.63. The molecule has 2 rings (SSSR count). The average Bonchev–Trinajstić information content (AvgIpc) is 2.43. The molecule has 21 heavy (non-hydrogen) atoms. The number of halogens is 4. The minimum atomic E-state index is -1.56. The topological polar surface area (TPSA) is 12.0 Å². The van der Waals surface area contributed by atoms with Gasteiger partial charge in [-0.15, -0.1) is 0 Å². The predicted octanol–water partition coefficient (Wildman–Crippen LogP) is 4.41. The van der Waals surface area contributed by atoms with Crippen molar-refractivity contribution in [3.8, 4) is 11.1 Å². The summed E-state index contributed by atoms with van der Waals surface area (Å²) < 4.78 is 53.7. The molecule has 1 N–H and O–H groups in total. The summed E-state index contributed by atoms with van der Waals surface area (Å²) in [5.41, 5.74) is 0.656. The average molecular weight is 297 g/mol. The van der Waals surface area contributed by atoms with Crippen molar-refractivity contribution in [2.24, 2.45) is 0 Å². The molecule has 0 amide bonds. The normalized spacial score (nSPS) is 11.2. The van der Waals surface area contributed by atoms with E-state index < -0.39 is 23.3 Å². The van der Waals surface area contributed by atoms with Crippen molar-refractivity contribution in [3.63, 3.8) is 0 Å². The molecule has 1 nitrogen and oxygen atoms in total. The van der Waals surface area contributed by atoms with Gasteiger partial charge >= 0.3 is 0 Å². The molecule has 0 spiro atoms. The van der Waals surface area contributed by atoms with Crippen LogP contribution in [0.4, 0.5) is 17.6 Å². The third-order valence-corrected chi connectivity index (χ3v) is 3.10. The standard InChI is InChI=1S/C16H15F4N/c1-9(2)21-8-10-3-4-11(17)7-13(10)12-5-6-14(18)16(20)15(12)19/h3-7,9,21H,8H2,1-2H3. The zero-order chi connectivity index (χ0) is 15.6. The van der Waals surface area contributed by atoms with Crippen molar-refractivity contribution in [1.82, 2.24) is 5.32 Å². The van der Waals surface area contributed by atoms with Crippen LogP contribution in [0.2, 0.25) is 0 Å². The van der Waals surface area contributed by atoms with E-state index in [1.54, 1.807) is 0 Å². The Morgan fingerprint density at radius 3 is 2.29 bits per heavy atom. The highest BCUT2D eigenvalue weighted by molar-refractivity contribution is 5.68. The van der Waals surface area contributed by atoms with E-state index >= 15 is 0 Å². The van der Waals surface area contributed by atoms with Gasteiger partial charge in [0.2, 0.25) is 0 Å². The maximum Gasteiger partial charge on any atom is 0.195 e. The van der Waals surface area contributed by atoms with E-state index in [0.717, 1.165) is 18.2 Å². The molecule has 0 aliphatic rings. The molecule has 2 aromatic carbocycles. The predicted molar refractivity (Wildman–Crippen MR) is 73.7 cm³/mol. The molecule has 0 unspecified atom stereocenters. The van der Waals surface area contributed by atoms with E-state index in [0.29, 0.717) is 12.1 Å². The highest BCUT2D eigenvalue weighted by Gasteiger charge is 2.17. The van der Waals surface area contributed by atoms with Crippen LogP contribution in [0.15, 0.2) is 30.3 Å². The Balaban J connectivity index is 2.52. The molecular weight excluding hydrogens is 282 g/mol. The van der Waals surface area contributed by atoms with Crippen LogP contribution in [0.1, 0.15) is 19.4 Å². The number of hydrogen-bond donors (Lipinski definition) is 1. The van der Waals surface area contributed by atoms with Crippen LogP contribution < -0.4 is 5.32 Å². The molecule has 0 bridgehead atoms. The largest absolute Gasteiger partial charge is 0.310 e. The zero-order valence-corrected chi connectivity index (χ0v) is 11.7. The third kappa shape index (κ3) is 3.42. The fourth-order valence-corrected chi connectivity index (χ4v) is 2.00. The number of hydrogen-bond acceptors (Lipinski definition) is 1. The van der Waals surface area contributed by atoms with Crippen molar-refractivity contribution in [2.75, 3.05) is 0 Å². The first-order valence-corrected chi connectivity index (χ1v) is 6.56. The molecule has 112 valence electrons. The zero-order valence-electron chi connectivity index (χ0n) is 11.7. The molecule has 0 aliphatic heterocycles. The van der Waals surface area contributed by atoms with Gasteiger partial charge in [-0.1, -0.05) is 19.9 Å². The summed E-state index contributed by atoms with van der Waals surface area (Å²) in [4.78, 5) is 0. The molecule has 0 aromatic heterocycles. The van der Waals surface area contributed by atoms with E-state index in [9.17, 15) is 17.6 Å². The lowest BCUT2D eigenvalue weighted by atomic mass is 9.98. The Hall–Kier alpha value is -1.88. The highest BCUT2D eigenvalue weighted by atomic mass is 19.2. The molecule has 5 heteroatoms. The van der Waals surface area contributed by atoms with Crippen molar-refractivity contribution < 1.29 is 17.6 Å². The number of nitrogens with one attached hydrogen (secondary N) is 1. The molecule has 0 heterocycles. The van der Waals surface area contributed by atoms with Crippen molar-refractivity contribution in [2.45, 2.75) is 26.4 Å². The maximum atomic E-state index is 13.9. The van der Waals surface area contributed by atoms with Crippen molar-refractivity contribution >= 4 is 0 Å². The van der Waals surface area contributed by atoms with Gasteiger partial charge in [0.25, 0.3) is 0 Å². The lowest BCUT2D eigenvalue weighted by Gasteiger charge is -2.14. The SMILES string of the molecule is CC(C)NCc1ccc(F)cc1-c1ccc(F)c(F)c1F. The molecule has 0 fully saturated rings. The molecule has 0 atom stereocenters. The van der Waals surface area contributed by atoms with Crippen LogP contribution >= 0.6 is 0 Å². The number of rotatable bonds is 4. The van der Waals surface area contributed by atoms with Gasteiger partial charge in [-0.05, 0) is 35.4 Å². The fourth-order valence-electron chi connectivity index (χ4n) is 2.00. The van der Waals surface area contributed by atoms with Gasteiger partial charge in [0.1, 0.15) is 5.82 Å². The van der Waals surface area contributed by atoms with Crippen LogP contribution in [-0.4, -0.2) is 6.04 Å². The summed E-state index contributed by atoms with van der Waals surface area (Å²) in [5.74, 6) is -4.71. The maximum absolute atomic E-state index is 13.9. The fraction of sp³-hybridized carbons (Fsp3) is 0.250. The van der Waals surface area contributed by atoms with Crippen molar-refractivity contribution in [1.29, 1.82) is 0 Å². The molecule has 0 saturated carbocycles. The summed E-state index contributed by atoms with van der Waals surface area (Å²) >= 11 is 0. The lowest BCUT2D eigenvalue weighted by molar-refractivity contribution is 0.449. The van der Waals surface area contributed by atoms with E-state index in [1.165, 1.54) is 12.1 Å². The quantitative estimate of drug-likeness (QED) is 0.651. The molecule has 0 aliphatic carbocycles. The second-order valence-corrected chi connectivity index (χ2v) is 5.06. The van der Waals surface area contributed by atoms with Crippen LogP contribution in [-0.2, 0) is 6.54 Å². The number of benzene rings is 2. The van der Waals surface area contributed by atoms with Crippen molar-refractivity contribution in [3.05, 3.63) is 59.2 Å². The first kappa shape index (κ1) is 15.5. The summed E-state index contributed by atoms with van der Waals surface area (Å²) in [6.45, 7) is 4.23. The Labute approximate surface area is 120 Å². The van der Waals surface area contributed by atoms with Gasteiger partial charge in [0.05, 0.1) is 0 Å². The summed E-state index contributed by atoms with van der Waals surface area (Å²) in [7, 11) is 0. The van der Waals surface area contributed by atoms with Gasteiger partial charge in [-0.3, -0.25) is 0 Å². The van der Waals surface area contributed by atoms with E-state index in [2.05, 4.69) is 5.32 Å². The van der Waals surface area contributed by atoms with Crippen LogP contribution in [0, 0.1) is 23.3 Å². The summed E-state index contributed by atoms with van der Waals surface area (Å²) in [6, 6.07) is 5.99. The van der Waals surface area contributed by atoms with E-state index in [-0.39, 0.29) is 17.2 Å². The van der Waals surface area contributed by atoms with Crippen LogP contribution in [0.3, 0.4) is 0 Å². The highest BCUT2D eigenvalue weighted by Crippen LogP contribution is 2.29. The summed E-state index contributed by atoms with van der Waals surface area (Å²) in [6.07, 6.45) is 0. The Morgan fingerprint density at radius 2 is 1.62 bits per heavy atom. The molecule has 0 saturated heterocycles. The van der Waals surface area contributed by atoms with E-state index in [1.807, 2.05) is 13.8 Å².